The molecule has 9 heteroatoms. The average molecular weight is 389 g/mol. The molecule has 0 spiro atoms. The Balaban J connectivity index is 1.94. The molecule has 5 nitrogen and oxygen atoms in total. The van der Waals surface area contributed by atoms with Gasteiger partial charge < -0.3 is 15.1 Å². The van der Waals surface area contributed by atoms with Crippen molar-refractivity contribution in [3.8, 4) is 0 Å². The van der Waals surface area contributed by atoms with Gasteiger partial charge in [-0.15, -0.1) is 11.8 Å². The molecular formula is C17H22F3N3O2S. The van der Waals surface area contributed by atoms with Gasteiger partial charge in [0.25, 0.3) is 0 Å². The summed E-state index contributed by atoms with van der Waals surface area (Å²) in [5.41, 5.74) is -0.0933. The lowest BCUT2D eigenvalue weighted by Gasteiger charge is -2.24. The molecule has 1 heterocycles. The van der Waals surface area contributed by atoms with Gasteiger partial charge >= 0.3 is 6.18 Å². The predicted octanol–water partition coefficient (Wildman–Crippen LogP) is 2.35. The van der Waals surface area contributed by atoms with Crippen LogP contribution in [0.25, 0.3) is 0 Å². The monoisotopic (exact) mass is 389 g/mol. The maximum atomic E-state index is 12.7. The van der Waals surface area contributed by atoms with Crippen LogP contribution < -0.4 is 5.32 Å². The summed E-state index contributed by atoms with van der Waals surface area (Å²) in [6.45, 7) is 1.49. The van der Waals surface area contributed by atoms with Crippen molar-refractivity contribution < 1.29 is 22.8 Å². The molecule has 2 amide bonds. The largest absolute Gasteiger partial charge is 0.416 e. The van der Waals surface area contributed by atoms with Crippen LogP contribution in [0.2, 0.25) is 0 Å². The van der Waals surface area contributed by atoms with E-state index in [1.54, 1.807) is 4.90 Å². The van der Waals surface area contributed by atoms with E-state index in [1.807, 2.05) is 19.0 Å². The number of rotatable bonds is 7. The molecule has 0 aliphatic carbocycles. The van der Waals surface area contributed by atoms with Gasteiger partial charge in [-0.05, 0) is 31.8 Å². The first-order valence-electron chi connectivity index (χ1n) is 8.18. The molecule has 1 fully saturated rings. The van der Waals surface area contributed by atoms with Crippen LogP contribution in [0.15, 0.2) is 24.3 Å². The van der Waals surface area contributed by atoms with Crippen molar-refractivity contribution in [2.75, 3.05) is 39.5 Å². The molecule has 2 rings (SSSR count). The number of amides is 2. The number of alkyl halides is 3. The van der Waals surface area contributed by atoms with Crippen LogP contribution in [0.1, 0.15) is 22.9 Å². The van der Waals surface area contributed by atoms with Crippen molar-refractivity contribution in [2.45, 2.75) is 18.0 Å². The fourth-order valence-corrected chi connectivity index (χ4v) is 3.76. The molecule has 0 radical (unpaired) electrons. The third-order valence-corrected chi connectivity index (χ3v) is 5.21. The van der Waals surface area contributed by atoms with E-state index in [2.05, 4.69) is 5.32 Å². The van der Waals surface area contributed by atoms with E-state index in [4.69, 9.17) is 0 Å². The van der Waals surface area contributed by atoms with Crippen molar-refractivity contribution in [3.05, 3.63) is 35.4 Å². The molecule has 1 N–H and O–H groups in total. The van der Waals surface area contributed by atoms with E-state index in [1.165, 1.54) is 23.9 Å². The topological polar surface area (TPSA) is 52.7 Å². The first kappa shape index (κ1) is 20.6. The quantitative estimate of drug-likeness (QED) is 0.778. The normalized spacial score (nSPS) is 17.8. The molecule has 26 heavy (non-hydrogen) atoms. The Hall–Kier alpha value is -1.74. The molecule has 0 aromatic heterocycles. The van der Waals surface area contributed by atoms with Crippen LogP contribution in [0.5, 0.6) is 0 Å². The molecule has 1 aliphatic rings. The number of benzene rings is 1. The zero-order chi connectivity index (χ0) is 19.3. The lowest BCUT2D eigenvalue weighted by molar-refractivity contribution is -0.137. The first-order valence-corrected chi connectivity index (χ1v) is 9.23. The molecule has 1 atom stereocenters. The molecule has 1 aromatic rings. The Morgan fingerprint density at radius 1 is 1.31 bits per heavy atom. The Morgan fingerprint density at radius 3 is 2.54 bits per heavy atom. The van der Waals surface area contributed by atoms with Crippen LogP contribution in [-0.4, -0.2) is 61.1 Å². The van der Waals surface area contributed by atoms with Crippen LogP contribution in [-0.2, 0) is 15.8 Å². The van der Waals surface area contributed by atoms with Crippen molar-refractivity contribution in [1.82, 2.24) is 15.1 Å². The number of nitrogens with zero attached hydrogens (tertiary/aromatic N) is 2. The van der Waals surface area contributed by atoms with Crippen molar-refractivity contribution in [2.24, 2.45) is 0 Å². The highest BCUT2D eigenvalue weighted by molar-refractivity contribution is 8.00. The highest BCUT2D eigenvalue weighted by atomic mass is 32.2. The molecule has 0 bridgehead atoms. The summed E-state index contributed by atoms with van der Waals surface area (Å²) in [7, 11) is 3.81. The number of carbonyl (C=O) groups excluding carboxylic acids is 2. The smallest absolute Gasteiger partial charge is 0.355 e. The van der Waals surface area contributed by atoms with Gasteiger partial charge in [-0.2, -0.15) is 13.2 Å². The second-order valence-electron chi connectivity index (χ2n) is 6.27. The summed E-state index contributed by atoms with van der Waals surface area (Å²) < 4.78 is 38.0. The summed E-state index contributed by atoms with van der Waals surface area (Å²) in [5.74, 6) is -0.00258. The number of thioether (sulfide) groups is 1. The molecule has 144 valence electrons. The molecule has 0 unspecified atom stereocenters. The van der Waals surface area contributed by atoms with Gasteiger partial charge in [0.15, 0.2) is 0 Å². The van der Waals surface area contributed by atoms with E-state index in [9.17, 15) is 22.8 Å². The third-order valence-electron chi connectivity index (χ3n) is 3.95. The molecule has 1 saturated heterocycles. The molecule has 1 aliphatic heterocycles. The van der Waals surface area contributed by atoms with Crippen LogP contribution >= 0.6 is 11.8 Å². The third kappa shape index (κ3) is 5.63. The second-order valence-corrected chi connectivity index (χ2v) is 7.34. The van der Waals surface area contributed by atoms with Crippen molar-refractivity contribution in [3.63, 3.8) is 0 Å². The van der Waals surface area contributed by atoms with E-state index in [0.717, 1.165) is 18.7 Å². The molecular weight excluding hydrogens is 367 g/mol. The number of hydrogen-bond acceptors (Lipinski definition) is 4. The number of nitrogens with one attached hydrogen (secondary N) is 1. The van der Waals surface area contributed by atoms with Gasteiger partial charge in [-0.1, -0.05) is 12.1 Å². The fraction of sp³-hybridized carbons (Fsp3) is 0.529. The summed E-state index contributed by atoms with van der Waals surface area (Å²) in [6.07, 6.45) is -4.22. The maximum absolute atomic E-state index is 12.7. The van der Waals surface area contributed by atoms with Crippen molar-refractivity contribution >= 4 is 23.6 Å². The van der Waals surface area contributed by atoms with Gasteiger partial charge in [-0.3, -0.25) is 9.59 Å². The lowest BCUT2D eigenvalue weighted by atomic mass is 10.1. The maximum Gasteiger partial charge on any atom is 0.416 e. The minimum atomic E-state index is -4.39. The average Bonchev–Trinajstić information content (AvgIpc) is 2.92. The second kappa shape index (κ2) is 8.77. The zero-order valence-corrected chi connectivity index (χ0v) is 15.5. The minimum Gasteiger partial charge on any atom is -0.355 e. The highest BCUT2D eigenvalue weighted by Gasteiger charge is 2.34. The Labute approximate surface area is 154 Å². The number of likely N-dealkylation sites (N-methyl/N-ethyl adjacent to an activating group) is 1. The molecule has 0 saturated carbocycles. The van der Waals surface area contributed by atoms with Gasteiger partial charge in [0.1, 0.15) is 5.37 Å². The summed E-state index contributed by atoms with van der Waals surface area (Å²) in [4.78, 5) is 27.5. The van der Waals surface area contributed by atoms with Crippen LogP contribution in [0.4, 0.5) is 13.2 Å². The van der Waals surface area contributed by atoms with E-state index in [-0.39, 0.29) is 35.9 Å². The SMILES string of the molecule is CN(C)CCNC(=O)CCN1C(=O)CS[C@H]1c1ccc(C(F)(F)F)cc1. The highest BCUT2D eigenvalue weighted by Crippen LogP contribution is 2.39. The van der Waals surface area contributed by atoms with E-state index < -0.39 is 11.7 Å². The number of hydrogen-bond donors (Lipinski definition) is 1. The number of carbonyl (C=O) groups is 2. The Kier molecular flexibility index (Phi) is 6.94. The zero-order valence-electron chi connectivity index (χ0n) is 14.7. The molecule has 1 aromatic carbocycles. The number of halogens is 3. The van der Waals surface area contributed by atoms with E-state index in [0.29, 0.717) is 12.1 Å². The van der Waals surface area contributed by atoms with Gasteiger partial charge in [0.05, 0.1) is 11.3 Å². The first-order chi connectivity index (χ1) is 12.2. The van der Waals surface area contributed by atoms with Gasteiger partial charge in [0, 0.05) is 26.1 Å². The Bertz CT molecular complexity index is 635. The lowest BCUT2D eigenvalue weighted by Crippen LogP contribution is -2.35. The van der Waals surface area contributed by atoms with Gasteiger partial charge in [-0.25, -0.2) is 0 Å². The van der Waals surface area contributed by atoms with Crippen LogP contribution in [0.3, 0.4) is 0 Å². The summed E-state index contributed by atoms with van der Waals surface area (Å²) >= 11 is 1.36. The fourth-order valence-electron chi connectivity index (χ4n) is 2.54. The van der Waals surface area contributed by atoms with Crippen molar-refractivity contribution in [1.29, 1.82) is 0 Å². The predicted molar refractivity (Wildman–Crippen MR) is 94.5 cm³/mol. The minimum absolute atomic E-state index is 0.110. The van der Waals surface area contributed by atoms with Crippen LogP contribution in [0, 0.1) is 0 Å². The standard InChI is InChI=1S/C17H22F3N3O2S/c1-22(2)10-8-21-14(24)7-9-23-15(25)11-26-16(23)12-3-5-13(6-4-12)17(18,19)20/h3-6,16H,7-11H2,1-2H3,(H,21,24)/t16-/m0/s1. The summed E-state index contributed by atoms with van der Waals surface area (Å²) in [5, 5.41) is 2.42. The summed E-state index contributed by atoms with van der Waals surface area (Å²) in [6, 6.07) is 4.82. The van der Waals surface area contributed by atoms with Gasteiger partial charge in [0.2, 0.25) is 11.8 Å². The van der Waals surface area contributed by atoms with E-state index >= 15 is 0 Å². The Morgan fingerprint density at radius 2 is 1.96 bits per heavy atom.